The van der Waals surface area contributed by atoms with Gasteiger partial charge in [0.05, 0.1) is 12.7 Å². The molecule has 1 aliphatic carbocycles. The highest BCUT2D eigenvalue weighted by Gasteiger charge is 2.25. The Hall–Kier alpha value is -3.31. The maximum absolute atomic E-state index is 12.6. The van der Waals surface area contributed by atoms with E-state index in [2.05, 4.69) is 5.32 Å². The standard InChI is InChI=1S/C20H19N3O4S/c1-27-15-7-6-11(9-14(15)24)8-12(10-21)19(26)23-20-17(18(22)25)13-4-2-3-5-16(13)28-20/h6-9,24H,2-5H2,1H3,(H2,22,25)(H,23,26)/b12-8+. The summed E-state index contributed by atoms with van der Waals surface area (Å²) in [4.78, 5) is 25.6. The molecule has 0 unspecified atom stereocenters. The molecule has 0 radical (unpaired) electrons. The topological polar surface area (TPSA) is 125 Å². The highest BCUT2D eigenvalue weighted by atomic mass is 32.1. The number of aromatic hydroxyl groups is 1. The molecule has 1 aromatic carbocycles. The van der Waals surface area contributed by atoms with Gasteiger partial charge in [-0.2, -0.15) is 5.26 Å². The lowest BCUT2D eigenvalue weighted by Crippen LogP contribution is -2.19. The second kappa shape index (κ2) is 8.15. The maximum atomic E-state index is 12.6. The van der Waals surface area contributed by atoms with E-state index in [0.29, 0.717) is 16.1 Å². The Bertz CT molecular complexity index is 1020. The van der Waals surface area contributed by atoms with Crippen molar-refractivity contribution in [2.45, 2.75) is 25.7 Å². The van der Waals surface area contributed by atoms with Gasteiger partial charge in [-0.25, -0.2) is 0 Å². The van der Waals surface area contributed by atoms with Gasteiger partial charge in [0.25, 0.3) is 11.8 Å². The summed E-state index contributed by atoms with van der Waals surface area (Å²) in [7, 11) is 1.43. The first-order valence-electron chi connectivity index (χ1n) is 8.69. The zero-order valence-electron chi connectivity index (χ0n) is 15.2. The lowest BCUT2D eigenvalue weighted by Gasteiger charge is -2.11. The fourth-order valence-corrected chi connectivity index (χ4v) is 4.49. The Kier molecular flexibility index (Phi) is 5.66. The Balaban J connectivity index is 1.89. The summed E-state index contributed by atoms with van der Waals surface area (Å²) in [5.41, 5.74) is 7.08. The molecule has 0 spiro atoms. The second-order valence-corrected chi connectivity index (χ2v) is 7.44. The number of phenolic OH excluding ortho intramolecular Hbond substituents is 1. The second-order valence-electron chi connectivity index (χ2n) is 6.33. The van der Waals surface area contributed by atoms with E-state index in [1.807, 2.05) is 6.07 Å². The molecule has 2 amide bonds. The molecular weight excluding hydrogens is 378 g/mol. The molecule has 144 valence electrons. The van der Waals surface area contributed by atoms with Crippen molar-refractivity contribution in [1.29, 1.82) is 5.26 Å². The molecule has 1 heterocycles. The molecule has 1 aliphatic rings. The number of nitrogens with zero attached hydrogens (tertiary/aromatic N) is 1. The minimum absolute atomic E-state index is 0.101. The lowest BCUT2D eigenvalue weighted by atomic mass is 9.95. The van der Waals surface area contributed by atoms with Crippen LogP contribution in [0.1, 0.15) is 39.2 Å². The molecular formula is C20H19N3O4S. The molecule has 3 rings (SSSR count). The average molecular weight is 397 g/mol. The number of hydrogen-bond donors (Lipinski definition) is 3. The summed E-state index contributed by atoms with van der Waals surface area (Å²) in [5.74, 6) is -1.04. The predicted octanol–water partition coefficient (Wildman–Crippen LogP) is 2.99. The maximum Gasteiger partial charge on any atom is 0.266 e. The van der Waals surface area contributed by atoms with E-state index >= 15 is 0 Å². The SMILES string of the molecule is COc1ccc(/C=C(\C#N)C(=O)Nc2sc3c(c2C(N)=O)CCCC3)cc1O. The van der Waals surface area contributed by atoms with E-state index in [0.717, 1.165) is 36.1 Å². The van der Waals surface area contributed by atoms with E-state index < -0.39 is 11.8 Å². The van der Waals surface area contributed by atoms with Gasteiger partial charge >= 0.3 is 0 Å². The fourth-order valence-electron chi connectivity index (χ4n) is 3.20. The largest absolute Gasteiger partial charge is 0.504 e. The van der Waals surface area contributed by atoms with Crippen LogP contribution in [0.25, 0.3) is 6.08 Å². The van der Waals surface area contributed by atoms with Crippen LogP contribution in [-0.2, 0) is 17.6 Å². The van der Waals surface area contributed by atoms with Crippen molar-refractivity contribution in [2.75, 3.05) is 12.4 Å². The minimum Gasteiger partial charge on any atom is -0.504 e. The first-order valence-corrected chi connectivity index (χ1v) is 9.50. The van der Waals surface area contributed by atoms with Gasteiger partial charge in [0.2, 0.25) is 0 Å². The van der Waals surface area contributed by atoms with Crippen molar-refractivity contribution in [3.63, 3.8) is 0 Å². The van der Waals surface area contributed by atoms with Crippen LogP contribution in [0.4, 0.5) is 5.00 Å². The van der Waals surface area contributed by atoms with E-state index in [4.69, 9.17) is 10.5 Å². The number of primary amides is 1. The van der Waals surface area contributed by atoms with Crippen LogP contribution >= 0.6 is 11.3 Å². The molecule has 28 heavy (non-hydrogen) atoms. The number of nitrogens with two attached hydrogens (primary N) is 1. The fraction of sp³-hybridized carbons (Fsp3) is 0.250. The molecule has 2 aromatic rings. The summed E-state index contributed by atoms with van der Waals surface area (Å²) < 4.78 is 4.98. The number of methoxy groups -OCH3 is 1. The van der Waals surface area contributed by atoms with Gasteiger partial charge in [0.1, 0.15) is 16.6 Å². The normalized spacial score (nSPS) is 13.4. The predicted molar refractivity (Wildman–Crippen MR) is 106 cm³/mol. The number of carbonyl (C=O) groups is 2. The highest BCUT2D eigenvalue weighted by Crippen LogP contribution is 2.38. The van der Waals surface area contributed by atoms with Crippen LogP contribution in [0.2, 0.25) is 0 Å². The average Bonchev–Trinajstić information content (AvgIpc) is 3.04. The number of fused-ring (bicyclic) bond motifs is 1. The number of anilines is 1. The molecule has 0 saturated carbocycles. The monoisotopic (exact) mass is 397 g/mol. The molecule has 0 bridgehead atoms. The van der Waals surface area contributed by atoms with E-state index in [1.165, 1.54) is 36.7 Å². The van der Waals surface area contributed by atoms with E-state index in [1.54, 1.807) is 6.07 Å². The Morgan fingerprint density at radius 3 is 2.75 bits per heavy atom. The number of amides is 2. The molecule has 0 aliphatic heterocycles. The summed E-state index contributed by atoms with van der Waals surface area (Å²) >= 11 is 1.33. The third-order valence-electron chi connectivity index (χ3n) is 4.52. The third-order valence-corrected chi connectivity index (χ3v) is 5.73. The number of benzene rings is 1. The number of carbonyl (C=O) groups excluding carboxylic acids is 2. The summed E-state index contributed by atoms with van der Waals surface area (Å²) in [6.45, 7) is 0. The van der Waals surface area contributed by atoms with Gasteiger partial charge < -0.3 is 20.9 Å². The van der Waals surface area contributed by atoms with Gasteiger partial charge in [-0.15, -0.1) is 11.3 Å². The first kappa shape index (κ1) is 19.5. The first-order chi connectivity index (χ1) is 13.4. The number of thiophene rings is 1. The van der Waals surface area contributed by atoms with Crippen LogP contribution in [-0.4, -0.2) is 24.0 Å². The van der Waals surface area contributed by atoms with Crippen molar-refractivity contribution < 1.29 is 19.4 Å². The van der Waals surface area contributed by atoms with Crippen molar-refractivity contribution in [3.05, 3.63) is 45.3 Å². The Morgan fingerprint density at radius 2 is 2.11 bits per heavy atom. The Morgan fingerprint density at radius 1 is 1.36 bits per heavy atom. The molecule has 1 aromatic heterocycles. The minimum atomic E-state index is -0.640. The van der Waals surface area contributed by atoms with Gasteiger partial charge in [-0.1, -0.05) is 6.07 Å². The summed E-state index contributed by atoms with van der Waals surface area (Å²) in [6.07, 6.45) is 4.96. The van der Waals surface area contributed by atoms with E-state index in [-0.39, 0.29) is 17.1 Å². The van der Waals surface area contributed by atoms with Crippen LogP contribution in [0, 0.1) is 11.3 Å². The van der Waals surface area contributed by atoms with Gasteiger partial charge in [-0.05, 0) is 55.0 Å². The van der Waals surface area contributed by atoms with Gasteiger partial charge in [0.15, 0.2) is 11.5 Å². The van der Waals surface area contributed by atoms with Crippen molar-refractivity contribution >= 4 is 34.2 Å². The quantitative estimate of drug-likeness (QED) is 0.528. The third kappa shape index (κ3) is 3.85. The molecule has 7 nitrogen and oxygen atoms in total. The summed E-state index contributed by atoms with van der Waals surface area (Å²) in [6, 6.07) is 6.39. The zero-order chi connectivity index (χ0) is 20.3. The lowest BCUT2D eigenvalue weighted by molar-refractivity contribution is -0.112. The zero-order valence-corrected chi connectivity index (χ0v) is 16.1. The van der Waals surface area contributed by atoms with Crippen LogP contribution in [0.5, 0.6) is 11.5 Å². The smallest absolute Gasteiger partial charge is 0.266 e. The number of hydrogen-bond acceptors (Lipinski definition) is 6. The van der Waals surface area contributed by atoms with Crippen molar-refractivity contribution in [2.24, 2.45) is 5.73 Å². The highest BCUT2D eigenvalue weighted by molar-refractivity contribution is 7.17. The van der Waals surface area contributed by atoms with Crippen LogP contribution in [0.15, 0.2) is 23.8 Å². The number of nitrogens with one attached hydrogen (secondary N) is 1. The molecule has 8 heteroatoms. The van der Waals surface area contributed by atoms with Crippen molar-refractivity contribution in [3.8, 4) is 17.6 Å². The molecule has 4 N–H and O–H groups in total. The number of aryl methyl sites for hydroxylation is 1. The van der Waals surface area contributed by atoms with Crippen LogP contribution in [0.3, 0.4) is 0 Å². The number of phenols is 1. The number of nitriles is 1. The Labute approximate surface area is 166 Å². The molecule has 0 saturated heterocycles. The summed E-state index contributed by atoms with van der Waals surface area (Å²) in [5, 5.41) is 22.3. The molecule has 0 fully saturated rings. The number of ether oxygens (including phenoxy) is 1. The molecule has 0 atom stereocenters. The van der Waals surface area contributed by atoms with Crippen molar-refractivity contribution in [1.82, 2.24) is 0 Å². The van der Waals surface area contributed by atoms with Gasteiger partial charge in [0, 0.05) is 4.88 Å². The van der Waals surface area contributed by atoms with E-state index in [9.17, 15) is 20.0 Å². The van der Waals surface area contributed by atoms with Crippen LogP contribution < -0.4 is 15.8 Å². The number of rotatable bonds is 5. The van der Waals surface area contributed by atoms with Gasteiger partial charge in [-0.3, -0.25) is 9.59 Å².